The molecule has 1 heterocycles. The lowest BCUT2D eigenvalue weighted by molar-refractivity contribution is 0.0790. The Morgan fingerprint density at radius 1 is 1.16 bits per heavy atom. The average Bonchev–Trinajstić information content (AvgIpc) is 2.62. The number of carbonyl (C=O) groups excluding carboxylic acids is 1. The van der Waals surface area contributed by atoms with Gasteiger partial charge in [-0.3, -0.25) is 4.79 Å². The number of benzene rings is 1. The van der Waals surface area contributed by atoms with Gasteiger partial charge in [0.2, 0.25) is 10.0 Å². The molecule has 1 aliphatic rings. The lowest BCUT2D eigenvalue weighted by Gasteiger charge is -2.27. The van der Waals surface area contributed by atoms with Crippen molar-refractivity contribution in [3.05, 3.63) is 54.6 Å². The summed E-state index contributed by atoms with van der Waals surface area (Å²) in [6.07, 6.45) is 6.09. The first-order valence-corrected chi connectivity index (χ1v) is 9.97. The molecule has 5 nitrogen and oxygen atoms in total. The van der Waals surface area contributed by atoms with Gasteiger partial charge in [-0.05, 0) is 37.5 Å². The molecule has 0 aromatic heterocycles. The zero-order valence-electron chi connectivity index (χ0n) is 14.8. The Balaban J connectivity index is 2.37. The highest BCUT2D eigenvalue weighted by atomic mass is 32.2. The first-order valence-electron chi connectivity index (χ1n) is 8.53. The molecular weight excluding hydrogens is 336 g/mol. The third kappa shape index (κ3) is 4.38. The van der Waals surface area contributed by atoms with E-state index < -0.39 is 10.0 Å². The van der Waals surface area contributed by atoms with Crippen LogP contribution in [-0.2, 0) is 10.0 Å². The normalized spacial score (nSPS) is 15.6. The first-order chi connectivity index (χ1) is 11.9. The zero-order chi connectivity index (χ0) is 18.4. The molecule has 0 radical (unpaired) electrons. The molecule has 1 aliphatic heterocycles. The molecule has 1 aromatic rings. The number of amides is 1. The first kappa shape index (κ1) is 19.4. The van der Waals surface area contributed by atoms with E-state index in [0.717, 1.165) is 19.3 Å². The maximum Gasteiger partial charge on any atom is 0.254 e. The van der Waals surface area contributed by atoms with E-state index >= 15 is 0 Å². The summed E-state index contributed by atoms with van der Waals surface area (Å²) in [6.45, 7) is 10.9. The Bertz CT molecular complexity index is 740. The summed E-state index contributed by atoms with van der Waals surface area (Å²) >= 11 is 0. The van der Waals surface area contributed by atoms with Crippen molar-refractivity contribution in [2.45, 2.75) is 31.1 Å². The fourth-order valence-electron chi connectivity index (χ4n) is 2.99. The highest BCUT2D eigenvalue weighted by Gasteiger charge is 2.28. The second kappa shape index (κ2) is 8.45. The van der Waals surface area contributed by atoms with Crippen molar-refractivity contribution in [1.29, 1.82) is 0 Å². The van der Waals surface area contributed by atoms with Gasteiger partial charge in [0.05, 0.1) is 4.90 Å². The van der Waals surface area contributed by atoms with E-state index in [2.05, 4.69) is 13.2 Å². The molecule has 0 atom stereocenters. The van der Waals surface area contributed by atoms with Crippen LogP contribution in [0.2, 0.25) is 0 Å². The van der Waals surface area contributed by atoms with E-state index in [1.807, 2.05) is 0 Å². The maximum atomic E-state index is 13.0. The zero-order valence-corrected chi connectivity index (χ0v) is 15.6. The highest BCUT2D eigenvalue weighted by Crippen LogP contribution is 2.25. The third-order valence-electron chi connectivity index (χ3n) is 4.35. The molecule has 6 heteroatoms. The van der Waals surface area contributed by atoms with Gasteiger partial charge < -0.3 is 4.90 Å². The van der Waals surface area contributed by atoms with Crippen molar-refractivity contribution in [3.63, 3.8) is 0 Å². The van der Waals surface area contributed by atoms with E-state index in [9.17, 15) is 13.2 Å². The highest BCUT2D eigenvalue weighted by molar-refractivity contribution is 7.89. The van der Waals surface area contributed by atoms with Crippen LogP contribution in [0.3, 0.4) is 0 Å². The molecule has 0 unspecified atom stereocenters. The van der Waals surface area contributed by atoms with Crippen molar-refractivity contribution >= 4 is 15.9 Å². The van der Waals surface area contributed by atoms with E-state index in [-0.39, 0.29) is 10.8 Å². The minimum Gasteiger partial charge on any atom is -0.331 e. The van der Waals surface area contributed by atoms with Gasteiger partial charge >= 0.3 is 0 Å². The predicted molar refractivity (Wildman–Crippen MR) is 100 cm³/mol. The third-order valence-corrected chi connectivity index (χ3v) is 6.39. The van der Waals surface area contributed by atoms with Crippen LogP contribution in [0, 0.1) is 6.92 Å². The lowest BCUT2D eigenvalue weighted by atomic mass is 10.1. The number of carbonyl (C=O) groups is 1. The minimum absolute atomic E-state index is 0.220. The standard InChI is InChI=1S/C19H26N2O3S/c1-4-11-20(12-5-2)19(22)17-10-9-16(3)18(15-17)25(23,24)21-13-7-6-8-14-21/h4-5,9-10,15H,1-2,6-8,11-14H2,3H3. The molecule has 0 spiro atoms. The number of aryl methyl sites for hydroxylation is 1. The molecule has 0 saturated carbocycles. The van der Waals surface area contributed by atoms with Crippen LogP contribution < -0.4 is 0 Å². The Kier molecular flexibility index (Phi) is 6.56. The molecule has 1 saturated heterocycles. The Morgan fingerprint density at radius 2 is 1.76 bits per heavy atom. The van der Waals surface area contributed by atoms with Gasteiger partial charge in [0.25, 0.3) is 5.91 Å². The predicted octanol–water partition coefficient (Wildman–Crippen LogP) is 2.98. The number of hydrogen-bond acceptors (Lipinski definition) is 3. The Morgan fingerprint density at radius 3 is 2.32 bits per heavy atom. The van der Waals surface area contributed by atoms with E-state index in [1.54, 1.807) is 36.1 Å². The topological polar surface area (TPSA) is 57.7 Å². The molecule has 0 aliphatic carbocycles. The van der Waals surface area contributed by atoms with Gasteiger partial charge in [-0.1, -0.05) is 24.6 Å². The number of sulfonamides is 1. The monoisotopic (exact) mass is 362 g/mol. The van der Waals surface area contributed by atoms with E-state index in [1.165, 1.54) is 10.4 Å². The summed E-state index contributed by atoms with van der Waals surface area (Å²) in [5.74, 6) is -0.227. The molecular formula is C19H26N2O3S. The maximum absolute atomic E-state index is 13.0. The number of hydrogen-bond donors (Lipinski definition) is 0. The van der Waals surface area contributed by atoms with Crippen LogP contribution in [0.4, 0.5) is 0 Å². The fraction of sp³-hybridized carbons (Fsp3) is 0.421. The molecule has 1 aromatic carbocycles. The molecule has 136 valence electrons. The largest absolute Gasteiger partial charge is 0.331 e. The van der Waals surface area contributed by atoms with Crippen LogP contribution in [0.5, 0.6) is 0 Å². The van der Waals surface area contributed by atoms with Gasteiger partial charge in [0.15, 0.2) is 0 Å². The average molecular weight is 362 g/mol. The van der Waals surface area contributed by atoms with Gasteiger partial charge in [-0.15, -0.1) is 13.2 Å². The van der Waals surface area contributed by atoms with Crippen molar-refractivity contribution < 1.29 is 13.2 Å². The summed E-state index contributed by atoms with van der Waals surface area (Å²) in [5, 5.41) is 0. The van der Waals surface area contributed by atoms with Gasteiger partial charge in [-0.25, -0.2) is 8.42 Å². The van der Waals surface area contributed by atoms with Gasteiger partial charge in [0.1, 0.15) is 0 Å². The molecule has 0 bridgehead atoms. The van der Waals surface area contributed by atoms with Crippen LogP contribution >= 0.6 is 0 Å². The second-order valence-electron chi connectivity index (χ2n) is 6.23. The summed E-state index contributed by atoms with van der Waals surface area (Å²) in [5.41, 5.74) is 1.02. The van der Waals surface area contributed by atoms with Crippen molar-refractivity contribution in [3.8, 4) is 0 Å². The second-order valence-corrected chi connectivity index (χ2v) is 8.14. The fourth-order valence-corrected chi connectivity index (χ4v) is 4.76. The summed E-state index contributed by atoms with van der Waals surface area (Å²) in [6, 6.07) is 4.87. The van der Waals surface area contributed by atoms with Gasteiger partial charge in [-0.2, -0.15) is 4.31 Å². The van der Waals surface area contributed by atoms with Crippen LogP contribution in [0.15, 0.2) is 48.4 Å². The summed E-state index contributed by atoms with van der Waals surface area (Å²) in [4.78, 5) is 14.5. The van der Waals surface area contributed by atoms with Crippen LogP contribution in [0.1, 0.15) is 35.2 Å². The van der Waals surface area contributed by atoms with Crippen molar-refractivity contribution in [2.75, 3.05) is 26.2 Å². The Labute approximate surface area is 150 Å². The molecule has 2 rings (SSSR count). The lowest BCUT2D eigenvalue weighted by Crippen LogP contribution is -2.36. The molecule has 0 N–H and O–H groups in total. The minimum atomic E-state index is -3.58. The number of rotatable bonds is 7. The SMILES string of the molecule is C=CCN(CC=C)C(=O)c1ccc(C)c(S(=O)(=O)N2CCCCC2)c1. The van der Waals surface area contributed by atoms with Crippen molar-refractivity contribution in [1.82, 2.24) is 9.21 Å². The van der Waals surface area contributed by atoms with Crippen LogP contribution in [-0.4, -0.2) is 49.7 Å². The molecule has 1 amide bonds. The summed E-state index contributed by atoms with van der Waals surface area (Å²) < 4.78 is 27.5. The number of nitrogens with zero attached hydrogens (tertiary/aromatic N) is 2. The Hall–Kier alpha value is -1.92. The van der Waals surface area contributed by atoms with Crippen LogP contribution in [0.25, 0.3) is 0 Å². The van der Waals surface area contributed by atoms with Gasteiger partial charge in [0, 0.05) is 31.7 Å². The quantitative estimate of drug-likeness (QED) is 0.701. The summed E-state index contributed by atoms with van der Waals surface area (Å²) in [7, 11) is -3.58. The van der Waals surface area contributed by atoms with E-state index in [4.69, 9.17) is 0 Å². The number of piperidine rings is 1. The smallest absolute Gasteiger partial charge is 0.254 e. The van der Waals surface area contributed by atoms with Crippen molar-refractivity contribution in [2.24, 2.45) is 0 Å². The molecule has 1 fully saturated rings. The molecule has 25 heavy (non-hydrogen) atoms. The van der Waals surface area contributed by atoms with E-state index in [0.29, 0.717) is 37.3 Å².